The number of alkyl halides is 1. The van der Waals surface area contributed by atoms with E-state index < -0.39 is 22.8 Å². The van der Waals surface area contributed by atoms with Crippen LogP contribution in [-0.2, 0) is 23.8 Å². The molecular formula is C22H27BrN2O7. The van der Waals surface area contributed by atoms with Gasteiger partial charge in [-0.3, -0.25) is 10.1 Å². The number of nitrogens with zero attached hydrogens (tertiary/aromatic N) is 2. The van der Waals surface area contributed by atoms with Crippen molar-refractivity contribution < 1.29 is 28.7 Å². The van der Waals surface area contributed by atoms with Crippen molar-refractivity contribution in [2.24, 2.45) is 0 Å². The summed E-state index contributed by atoms with van der Waals surface area (Å²) >= 11 is 3.23. The van der Waals surface area contributed by atoms with Gasteiger partial charge in [-0.15, -0.1) is 0 Å². The molecule has 1 unspecified atom stereocenters. The van der Waals surface area contributed by atoms with Crippen molar-refractivity contribution in [2.75, 3.05) is 31.9 Å². The second kappa shape index (κ2) is 11.8. The second-order valence-corrected chi connectivity index (χ2v) is 7.67. The monoisotopic (exact) mass is 510 g/mol. The topological polar surface area (TPSA) is 108 Å². The van der Waals surface area contributed by atoms with Gasteiger partial charge < -0.3 is 19.1 Å². The van der Waals surface area contributed by atoms with Crippen LogP contribution in [0.4, 0.5) is 5.69 Å². The number of allylic oxidation sites excluding steroid dienone is 2. The third-order valence-electron chi connectivity index (χ3n) is 5.03. The lowest BCUT2D eigenvalue weighted by Gasteiger charge is -2.37. The van der Waals surface area contributed by atoms with Crippen LogP contribution in [0.15, 0.2) is 46.8 Å². The van der Waals surface area contributed by atoms with Crippen LogP contribution in [0.25, 0.3) is 0 Å². The molecule has 0 radical (unpaired) electrons. The van der Waals surface area contributed by atoms with Gasteiger partial charge in [-0.2, -0.15) is 0 Å². The number of ether oxygens (including phenoxy) is 3. The van der Waals surface area contributed by atoms with E-state index in [1.165, 1.54) is 18.2 Å². The van der Waals surface area contributed by atoms with E-state index in [9.17, 15) is 19.7 Å². The summed E-state index contributed by atoms with van der Waals surface area (Å²) in [6.45, 7) is 7.81. The van der Waals surface area contributed by atoms with Crippen LogP contribution in [0.1, 0.15) is 39.2 Å². The fourth-order valence-electron chi connectivity index (χ4n) is 3.58. The molecule has 0 aromatic heterocycles. The molecule has 0 amide bonds. The van der Waals surface area contributed by atoms with Crippen LogP contribution in [0.2, 0.25) is 0 Å². The van der Waals surface area contributed by atoms with Crippen molar-refractivity contribution >= 4 is 33.6 Å². The van der Waals surface area contributed by atoms with E-state index in [0.29, 0.717) is 28.9 Å². The molecule has 1 aromatic carbocycles. The van der Waals surface area contributed by atoms with Gasteiger partial charge in [0, 0.05) is 35.5 Å². The molecule has 1 aliphatic rings. The Morgan fingerprint density at radius 1 is 1.09 bits per heavy atom. The zero-order valence-electron chi connectivity index (χ0n) is 18.6. The number of nitro groups is 1. The van der Waals surface area contributed by atoms with Crippen LogP contribution >= 0.6 is 15.9 Å². The van der Waals surface area contributed by atoms with Gasteiger partial charge in [-0.25, -0.2) is 9.59 Å². The lowest BCUT2D eigenvalue weighted by atomic mass is 9.79. The Morgan fingerprint density at radius 3 is 2.25 bits per heavy atom. The Labute approximate surface area is 195 Å². The lowest BCUT2D eigenvalue weighted by Crippen LogP contribution is -2.36. The van der Waals surface area contributed by atoms with Gasteiger partial charge in [-0.1, -0.05) is 28.1 Å². The predicted molar refractivity (Wildman–Crippen MR) is 121 cm³/mol. The molecule has 2 rings (SSSR count). The second-order valence-electron chi connectivity index (χ2n) is 6.88. The van der Waals surface area contributed by atoms with Crippen LogP contribution < -0.4 is 0 Å². The molecule has 1 heterocycles. The number of esters is 2. The number of carbonyl (C=O) groups is 2. The maximum Gasteiger partial charge on any atom is 0.336 e. The Kier molecular flexibility index (Phi) is 9.40. The zero-order chi connectivity index (χ0) is 23.8. The van der Waals surface area contributed by atoms with Gasteiger partial charge in [0.15, 0.2) is 0 Å². The minimum Gasteiger partial charge on any atom is -0.463 e. The Morgan fingerprint density at radius 2 is 1.72 bits per heavy atom. The van der Waals surface area contributed by atoms with Crippen molar-refractivity contribution in [1.29, 1.82) is 0 Å². The normalized spacial score (nSPS) is 16.3. The van der Waals surface area contributed by atoms with E-state index >= 15 is 0 Å². The van der Waals surface area contributed by atoms with Crippen molar-refractivity contribution in [3.8, 4) is 0 Å². The average Bonchev–Trinajstić information content (AvgIpc) is 2.77. The first kappa shape index (κ1) is 25.5. The van der Waals surface area contributed by atoms with E-state index in [0.717, 1.165) is 0 Å². The number of halogens is 1. The molecule has 0 aliphatic carbocycles. The number of non-ortho nitro benzene ring substituents is 1. The molecule has 1 aromatic rings. The summed E-state index contributed by atoms with van der Waals surface area (Å²) in [5.41, 5.74) is 1.78. The van der Waals surface area contributed by atoms with Crippen molar-refractivity contribution in [2.45, 2.75) is 33.6 Å². The summed E-state index contributed by atoms with van der Waals surface area (Å²) < 4.78 is 16.2. The molecule has 0 N–H and O–H groups in total. The lowest BCUT2D eigenvalue weighted by molar-refractivity contribution is -0.384. The number of rotatable bonds is 10. The van der Waals surface area contributed by atoms with E-state index in [1.54, 1.807) is 31.7 Å². The summed E-state index contributed by atoms with van der Waals surface area (Å²) in [5, 5.41) is 11.8. The fraction of sp³-hybridized carbons (Fsp3) is 0.455. The van der Waals surface area contributed by atoms with Gasteiger partial charge in [0.2, 0.25) is 0 Å². The van der Waals surface area contributed by atoms with E-state index in [-0.39, 0.29) is 36.8 Å². The van der Waals surface area contributed by atoms with Gasteiger partial charge in [0.25, 0.3) is 5.69 Å². The zero-order valence-corrected chi connectivity index (χ0v) is 20.1. The number of hydrogen-bond donors (Lipinski definition) is 0. The maximum absolute atomic E-state index is 13.1. The van der Waals surface area contributed by atoms with Gasteiger partial charge in [0.05, 0.1) is 28.6 Å². The highest BCUT2D eigenvalue weighted by atomic mass is 79.9. The summed E-state index contributed by atoms with van der Waals surface area (Å²) in [5.74, 6) is -2.12. The first-order chi connectivity index (χ1) is 15.3. The van der Waals surface area contributed by atoms with E-state index in [4.69, 9.17) is 14.2 Å². The summed E-state index contributed by atoms with van der Waals surface area (Å²) in [6.07, 6.45) is 0. The van der Waals surface area contributed by atoms with Crippen molar-refractivity contribution in [3.05, 3.63) is 62.5 Å². The van der Waals surface area contributed by atoms with Crippen LogP contribution in [-0.4, -0.2) is 53.6 Å². The third-order valence-corrected chi connectivity index (χ3v) is 5.35. The molecule has 0 saturated heterocycles. The van der Waals surface area contributed by atoms with Crippen LogP contribution in [0, 0.1) is 10.1 Å². The first-order valence-electron chi connectivity index (χ1n) is 10.2. The van der Waals surface area contributed by atoms with Gasteiger partial charge in [0.1, 0.15) is 13.3 Å². The highest BCUT2D eigenvalue weighted by Crippen LogP contribution is 2.43. The Bertz CT molecular complexity index is 942. The molecule has 32 heavy (non-hydrogen) atoms. The largest absolute Gasteiger partial charge is 0.463 e. The Balaban J connectivity index is 2.77. The van der Waals surface area contributed by atoms with Crippen molar-refractivity contribution in [3.63, 3.8) is 0 Å². The molecular weight excluding hydrogens is 484 g/mol. The van der Waals surface area contributed by atoms with E-state index in [1.807, 2.05) is 6.92 Å². The highest BCUT2D eigenvalue weighted by molar-refractivity contribution is 9.09. The number of hydrogen-bond acceptors (Lipinski definition) is 8. The molecule has 9 nitrogen and oxygen atoms in total. The SMILES string of the molecule is CCOCN1C(C)=C(C(=O)OCC)C(c2cccc([N+](=O)[O-])c2)C(C(=O)OCCBr)=C1C. The summed E-state index contributed by atoms with van der Waals surface area (Å²) in [4.78, 5) is 38.8. The minimum atomic E-state index is -0.894. The molecule has 0 bridgehead atoms. The minimum absolute atomic E-state index is 0.119. The fourth-order valence-corrected chi connectivity index (χ4v) is 3.74. The third kappa shape index (κ3) is 5.55. The first-order valence-corrected chi connectivity index (χ1v) is 11.3. The molecule has 1 aliphatic heterocycles. The average molecular weight is 511 g/mol. The molecule has 0 saturated carbocycles. The van der Waals surface area contributed by atoms with E-state index in [2.05, 4.69) is 15.9 Å². The smallest absolute Gasteiger partial charge is 0.336 e. The molecule has 174 valence electrons. The maximum atomic E-state index is 13.1. The molecule has 0 spiro atoms. The summed E-state index contributed by atoms with van der Waals surface area (Å²) in [7, 11) is 0. The Hall–Kier alpha value is -2.72. The summed E-state index contributed by atoms with van der Waals surface area (Å²) in [6, 6.07) is 5.89. The van der Waals surface area contributed by atoms with Gasteiger partial charge in [-0.05, 0) is 33.3 Å². The number of benzene rings is 1. The predicted octanol–water partition coefficient (Wildman–Crippen LogP) is 4.04. The van der Waals surface area contributed by atoms with Crippen LogP contribution in [0.3, 0.4) is 0 Å². The van der Waals surface area contributed by atoms with Gasteiger partial charge >= 0.3 is 11.9 Å². The van der Waals surface area contributed by atoms with Crippen molar-refractivity contribution in [1.82, 2.24) is 4.90 Å². The molecule has 10 heteroatoms. The van der Waals surface area contributed by atoms with Crippen LogP contribution in [0.5, 0.6) is 0 Å². The standard InChI is InChI=1S/C22H27BrN2O7/c1-5-30-13-24-14(3)18(21(26)31-6-2)20(16-8-7-9-17(12-16)25(28)29)19(15(24)4)22(27)32-11-10-23/h7-9,12,20H,5-6,10-11,13H2,1-4H3. The molecule has 1 atom stereocenters. The quantitative estimate of drug-likeness (QED) is 0.201. The number of nitro benzene ring substituents is 1. The number of carbonyl (C=O) groups excluding carboxylic acids is 2. The molecule has 0 fully saturated rings. The highest BCUT2D eigenvalue weighted by Gasteiger charge is 2.41.